The molecule has 31 heavy (non-hydrogen) atoms. The fourth-order valence-corrected chi connectivity index (χ4v) is 3.76. The van der Waals surface area contributed by atoms with Gasteiger partial charge >= 0.3 is 18.3 Å². The minimum Gasteiger partial charge on any atom is -0.482 e. The molecule has 1 unspecified atom stereocenters. The first-order valence-electron chi connectivity index (χ1n) is 9.30. The van der Waals surface area contributed by atoms with Crippen molar-refractivity contribution in [2.75, 3.05) is 6.61 Å². The minimum absolute atomic E-state index is 0.0221. The first-order chi connectivity index (χ1) is 14.4. The van der Waals surface area contributed by atoms with E-state index in [9.17, 15) is 36.2 Å². The summed E-state index contributed by atoms with van der Waals surface area (Å²) in [5, 5.41) is 8.55. The van der Waals surface area contributed by atoms with E-state index in [4.69, 9.17) is 16.3 Å². The maximum absolute atomic E-state index is 13.9. The van der Waals surface area contributed by atoms with Crippen molar-refractivity contribution in [1.29, 1.82) is 0 Å². The molecular weight excluding hydrogens is 450 g/mol. The van der Waals surface area contributed by atoms with Gasteiger partial charge in [-0.25, -0.2) is 0 Å². The van der Waals surface area contributed by atoms with Gasteiger partial charge in [-0.3, -0.25) is 4.79 Å². The Morgan fingerprint density at radius 1 is 1.13 bits per heavy atom. The van der Waals surface area contributed by atoms with E-state index in [1.165, 1.54) is 24.3 Å². The van der Waals surface area contributed by atoms with Crippen LogP contribution in [0.2, 0.25) is 5.02 Å². The molecule has 0 amide bonds. The Labute approximate surface area is 178 Å². The van der Waals surface area contributed by atoms with Crippen LogP contribution in [0.1, 0.15) is 36.3 Å². The van der Waals surface area contributed by atoms with Crippen LogP contribution in [0.5, 0.6) is 5.75 Å². The van der Waals surface area contributed by atoms with E-state index in [1.54, 1.807) is 6.07 Å². The molecule has 0 saturated heterocycles. The van der Waals surface area contributed by atoms with Crippen LogP contribution in [0.3, 0.4) is 0 Å². The molecule has 10 heteroatoms. The maximum atomic E-state index is 13.9. The Hall–Kier alpha value is -2.42. The SMILES string of the molecule is O=C(O)C(CC1CC1)c1cc(-c2ccccc2)c(OCC(F)(F)F)c(Cl)c1C(F)(F)F. The molecule has 0 aliphatic heterocycles. The largest absolute Gasteiger partial charge is 0.482 e. The normalized spacial score (nSPS) is 15.6. The number of halogens is 7. The van der Waals surface area contributed by atoms with Crippen molar-refractivity contribution in [3.8, 4) is 16.9 Å². The second kappa shape index (κ2) is 8.61. The summed E-state index contributed by atoms with van der Waals surface area (Å²) in [4.78, 5) is 11.9. The van der Waals surface area contributed by atoms with Gasteiger partial charge < -0.3 is 9.84 Å². The van der Waals surface area contributed by atoms with Crippen molar-refractivity contribution in [1.82, 2.24) is 0 Å². The molecule has 3 nitrogen and oxygen atoms in total. The molecule has 1 fully saturated rings. The van der Waals surface area contributed by atoms with E-state index in [-0.39, 0.29) is 23.5 Å². The Kier molecular flexibility index (Phi) is 6.45. The van der Waals surface area contributed by atoms with Crippen LogP contribution in [-0.4, -0.2) is 23.9 Å². The molecule has 0 heterocycles. The lowest BCUT2D eigenvalue weighted by molar-refractivity contribution is -0.153. The third-order valence-electron chi connectivity index (χ3n) is 4.94. The molecule has 0 spiro atoms. The predicted molar refractivity (Wildman–Crippen MR) is 101 cm³/mol. The van der Waals surface area contributed by atoms with Crippen LogP contribution in [0.4, 0.5) is 26.3 Å². The number of carboxylic acids is 1. The van der Waals surface area contributed by atoms with E-state index >= 15 is 0 Å². The number of hydrogen-bond acceptors (Lipinski definition) is 2. The summed E-state index contributed by atoms with van der Waals surface area (Å²) >= 11 is 5.98. The zero-order valence-electron chi connectivity index (χ0n) is 15.9. The number of carboxylic acid groups (broad SMARTS) is 1. The number of benzene rings is 2. The quantitative estimate of drug-likeness (QED) is 0.450. The van der Waals surface area contributed by atoms with E-state index in [0.717, 1.165) is 6.07 Å². The number of hydrogen-bond donors (Lipinski definition) is 1. The molecule has 168 valence electrons. The Morgan fingerprint density at radius 3 is 2.23 bits per heavy atom. The third-order valence-corrected chi connectivity index (χ3v) is 5.30. The van der Waals surface area contributed by atoms with Gasteiger partial charge in [0.15, 0.2) is 6.61 Å². The minimum atomic E-state index is -5.10. The molecule has 3 rings (SSSR count). The van der Waals surface area contributed by atoms with Crippen molar-refractivity contribution in [3.05, 3.63) is 52.5 Å². The first kappa shape index (κ1) is 23.2. The van der Waals surface area contributed by atoms with Gasteiger partial charge in [0, 0.05) is 5.56 Å². The van der Waals surface area contributed by atoms with E-state index < -0.39 is 52.7 Å². The highest BCUT2D eigenvalue weighted by Crippen LogP contribution is 2.50. The summed E-state index contributed by atoms with van der Waals surface area (Å²) in [6.45, 7) is -1.85. The summed E-state index contributed by atoms with van der Waals surface area (Å²) in [5.74, 6) is -3.80. The monoisotopic (exact) mass is 466 g/mol. The van der Waals surface area contributed by atoms with Gasteiger partial charge in [0.1, 0.15) is 5.75 Å². The molecule has 1 aliphatic carbocycles. The highest BCUT2D eigenvalue weighted by Gasteiger charge is 2.43. The van der Waals surface area contributed by atoms with Crippen molar-refractivity contribution < 1.29 is 41.0 Å². The number of ether oxygens (including phenoxy) is 1. The van der Waals surface area contributed by atoms with Crippen molar-refractivity contribution in [2.24, 2.45) is 5.92 Å². The number of rotatable bonds is 7. The Morgan fingerprint density at radius 2 is 1.74 bits per heavy atom. The van der Waals surface area contributed by atoms with Crippen LogP contribution in [0, 0.1) is 5.92 Å². The van der Waals surface area contributed by atoms with Crippen molar-refractivity contribution >= 4 is 17.6 Å². The Balaban J connectivity index is 2.26. The summed E-state index contributed by atoms with van der Waals surface area (Å²) in [7, 11) is 0. The highest BCUT2D eigenvalue weighted by atomic mass is 35.5. The molecule has 1 N–H and O–H groups in total. The number of alkyl halides is 6. The molecule has 2 aromatic rings. The highest BCUT2D eigenvalue weighted by molar-refractivity contribution is 6.33. The number of aliphatic carboxylic acids is 1. The van der Waals surface area contributed by atoms with E-state index in [0.29, 0.717) is 12.8 Å². The summed E-state index contributed by atoms with van der Waals surface area (Å²) < 4.78 is 84.7. The lowest BCUT2D eigenvalue weighted by Gasteiger charge is -2.24. The van der Waals surface area contributed by atoms with Crippen molar-refractivity contribution in [3.63, 3.8) is 0 Å². The Bertz CT molecular complexity index is 952. The maximum Gasteiger partial charge on any atom is 0.422 e. The van der Waals surface area contributed by atoms with Gasteiger partial charge in [-0.05, 0) is 29.5 Å². The van der Waals surface area contributed by atoms with Gasteiger partial charge in [-0.1, -0.05) is 54.8 Å². The molecular formula is C21H17ClF6O3. The molecule has 0 bridgehead atoms. The van der Waals surface area contributed by atoms with E-state index in [2.05, 4.69) is 0 Å². The summed E-state index contributed by atoms with van der Waals surface area (Å²) in [6, 6.07) is 8.54. The summed E-state index contributed by atoms with van der Waals surface area (Å²) in [5.41, 5.74) is -1.97. The number of carbonyl (C=O) groups is 1. The van der Waals surface area contributed by atoms with Crippen LogP contribution in [-0.2, 0) is 11.0 Å². The van der Waals surface area contributed by atoms with E-state index in [1.807, 2.05) is 0 Å². The van der Waals surface area contributed by atoms with Crippen LogP contribution >= 0.6 is 11.6 Å². The molecule has 2 aromatic carbocycles. The third kappa shape index (κ3) is 5.64. The fourth-order valence-electron chi connectivity index (χ4n) is 3.39. The standard InChI is InChI=1S/C21H17ClF6O3/c22-17-16(21(26,27)28)14(15(19(29)30)8-11-6-7-11)9-13(12-4-2-1-3-5-12)18(17)31-10-20(23,24)25/h1-5,9,11,15H,6-8,10H2,(H,29,30). The lowest BCUT2D eigenvalue weighted by atomic mass is 9.86. The smallest absolute Gasteiger partial charge is 0.422 e. The fraction of sp³-hybridized carbons (Fsp3) is 0.381. The van der Waals surface area contributed by atoms with Gasteiger partial charge in [-0.2, -0.15) is 26.3 Å². The average Bonchev–Trinajstić information content (AvgIpc) is 3.47. The van der Waals surface area contributed by atoms with Gasteiger partial charge in [-0.15, -0.1) is 0 Å². The predicted octanol–water partition coefficient (Wildman–Crippen LogP) is 6.94. The van der Waals surface area contributed by atoms with Crippen LogP contribution in [0.25, 0.3) is 11.1 Å². The van der Waals surface area contributed by atoms with Crippen LogP contribution < -0.4 is 4.74 Å². The molecule has 0 aromatic heterocycles. The van der Waals surface area contributed by atoms with Crippen LogP contribution in [0.15, 0.2) is 36.4 Å². The molecule has 1 saturated carbocycles. The second-order valence-electron chi connectivity index (χ2n) is 7.37. The summed E-state index contributed by atoms with van der Waals surface area (Å²) in [6.07, 6.45) is -8.53. The topological polar surface area (TPSA) is 46.5 Å². The van der Waals surface area contributed by atoms with Crippen molar-refractivity contribution in [2.45, 2.75) is 37.5 Å². The van der Waals surface area contributed by atoms with Gasteiger partial charge in [0.2, 0.25) is 0 Å². The lowest BCUT2D eigenvalue weighted by Crippen LogP contribution is -2.22. The second-order valence-corrected chi connectivity index (χ2v) is 7.75. The molecule has 0 radical (unpaired) electrons. The zero-order valence-corrected chi connectivity index (χ0v) is 16.6. The van der Waals surface area contributed by atoms with Gasteiger partial charge in [0.25, 0.3) is 0 Å². The first-order valence-corrected chi connectivity index (χ1v) is 9.67. The zero-order chi connectivity index (χ0) is 23.0. The van der Waals surface area contributed by atoms with Gasteiger partial charge in [0.05, 0.1) is 16.5 Å². The average molecular weight is 467 g/mol. The molecule has 1 atom stereocenters. The molecule has 1 aliphatic rings.